The second-order valence-corrected chi connectivity index (χ2v) is 7.79. The number of aromatic nitrogens is 3. The van der Waals surface area contributed by atoms with E-state index in [9.17, 15) is 0 Å². The molecular weight excluding hydrogens is 370 g/mol. The van der Waals surface area contributed by atoms with Crippen molar-refractivity contribution in [1.82, 2.24) is 19.7 Å². The summed E-state index contributed by atoms with van der Waals surface area (Å²) in [6.45, 7) is 7.36. The van der Waals surface area contributed by atoms with Crippen LogP contribution in [0.15, 0.2) is 46.4 Å². The molecule has 146 valence electrons. The number of benzene rings is 1. The normalized spacial score (nSPS) is 15.4. The lowest BCUT2D eigenvalue weighted by Crippen LogP contribution is -2.33. The predicted molar refractivity (Wildman–Crippen MR) is 114 cm³/mol. The highest BCUT2D eigenvalue weighted by Gasteiger charge is 2.25. The third kappa shape index (κ3) is 3.64. The maximum absolute atomic E-state index is 5.16. The molecule has 7 heteroatoms. The van der Waals surface area contributed by atoms with E-state index < -0.39 is 0 Å². The zero-order chi connectivity index (χ0) is 19.5. The number of hydrogen-bond acceptors (Lipinski definition) is 5. The van der Waals surface area contributed by atoms with Gasteiger partial charge in [-0.05, 0) is 43.3 Å². The molecule has 0 N–H and O–H groups in total. The fourth-order valence-electron chi connectivity index (χ4n) is 3.39. The molecular formula is C21H25N5OS. The zero-order valence-corrected chi connectivity index (χ0v) is 17.4. The van der Waals surface area contributed by atoms with Crippen LogP contribution >= 0.6 is 11.8 Å². The topological polar surface area (TPSA) is 55.5 Å². The number of pyridine rings is 1. The number of thioether (sulfide) groups is 1. The molecule has 1 aromatic carbocycles. The van der Waals surface area contributed by atoms with E-state index in [0.717, 1.165) is 52.1 Å². The van der Waals surface area contributed by atoms with Gasteiger partial charge in [0, 0.05) is 31.1 Å². The molecule has 3 aromatic rings. The Morgan fingerprint density at radius 2 is 2.07 bits per heavy atom. The first-order chi connectivity index (χ1) is 13.7. The van der Waals surface area contributed by atoms with Crippen LogP contribution in [-0.4, -0.2) is 51.6 Å². The van der Waals surface area contributed by atoms with Crippen LogP contribution in [0.1, 0.15) is 24.6 Å². The minimum Gasteiger partial charge on any atom is -0.383 e. The molecule has 6 nitrogen and oxygen atoms in total. The van der Waals surface area contributed by atoms with Crippen molar-refractivity contribution in [3.63, 3.8) is 0 Å². The van der Waals surface area contributed by atoms with Crippen LogP contribution in [0.25, 0.3) is 16.7 Å². The summed E-state index contributed by atoms with van der Waals surface area (Å²) in [4.78, 5) is 12.1. The summed E-state index contributed by atoms with van der Waals surface area (Å²) in [5, 5.41) is 7.91. The van der Waals surface area contributed by atoms with Crippen molar-refractivity contribution in [2.24, 2.45) is 4.99 Å². The van der Waals surface area contributed by atoms with Crippen molar-refractivity contribution in [3.05, 3.63) is 47.7 Å². The zero-order valence-electron chi connectivity index (χ0n) is 16.6. The van der Waals surface area contributed by atoms with E-state index in [0.29, 0.717) is 13.2 Å². The van der Waals surface area contributed by atoms with Crippen LogP contribution in [0.3, 0.4) is 0 Å². The Bertz CT molecular complexity index is 999. The molecule has 3 heterocycles. The molecule has 1 aliphatic heterocycles. The Morgan fingerprint density at radius 3 is 2.82 bits per heavy atom. The average molecular weight is 396 g/mol. The molecule has 0 spiro atoms. The minimum atomic E-state index is 0.628. The second-order valence-electron chi connectivity index (χ2n) is 6.84. The van der Waals surface area contributed by atoms with E-state index in [2.05, 4.69) is 30.0 Å². The molecule has 0 saturated heterocycles. The summed E-state index contributed by atoms with van der Waals surface area (Å²) >= 11 is 1.65. The van der Waals surface area contributed by atoms with Crippen LogP contribution < -0.4 is 0 Å². The number of fused-ring (bicyclic) bond motifs is 2. The molecule has 0 aliphatic carbocycles. The number of rotatable bonds is 6. The molecule has 2 aromatic heterocycles. The molecule has 0 atom stereocenters. The Balaban J connectivity index is 1.77. The number of nitrogens with zero attached hydrogens (tertiary/aromatic N) is 5. The first-order valence-corrected chi connectivity index (χ1v) is 10.4. The van der Waals surface area contributed by atoms with Crippen LogP contribution in [0.5, 0.6) is 0 Å². The van der Waals surface area contributed by atoms with Crippen LogP contribution in [0, 0.1) is 6.92 Å². The SMILES string of the molecule is CCCN1Cc2cc3c(C)nn(-c4ccccc4)c3nc2SC1=NCCOC. The smallest absolute Gasteiger partial charge is 0.165 e. The Morgan fingerprint density at radius 1 is 1.25 bits per heavy atom. The van der Waals surface area contributed by atoms with Crippen LogP contribution in [0.2, 0.25) is 0 Å². The van der Waals surface area contributed by atoms with E-state index >= 15 is 0 Å². The van der Waals surface area contributed by atoms with Gasteiger partial charge in [0.05, 0.1) is 24.5 Å². The van der Waals surface area contributed by atoms with Gasteiger partial charge in [-0.3, -0.25) is 4.99 Å². The van der Waals surface area contributed by atoms with E-state index in [1.54, 1.807) is 18.9 Å². The lowest BCUT2D eigenvalue weighted by molar-refractivity contribution is 0.207. The Kier molecular flexibility index (Phi) is 5.64. The van der Waals surface area contributed by atoms with Crippen LogP contribution in [0.4, 0.5) is 0 Å². The summed E-state index contributed by atoms with van der Waals surface area (Å²) < 4.78 is 7.10. The number of hydrogen-bond donors (Lipinski definition) is 0. The second kappa shape index (κ2) is 8.32. The number of para-hydroxylation sites is 1. The summed E-state index contributed by atoms with van der Waals surface area (Å²) in [6.07, 6.45) is 1.08. The number of aryl methyl sites for hydroxylation is 1. The highest BCUT2D eigenvalue weighted by molar-refractivity contribution is 8.13. The first kappa shape index (κ1) is 19.0. The molecule has 0 radical (unpaired) electrons. The lowest BCUT2D eigenvalue weighted by atomic mass is 10.2. The van der Waals surface area contributed by atoms with Gasteiger partial charge in [0.2, 0.25) is 0 Å². The molecule has 0 amide bonds. The number of aliphatic imine (C=N–C) groups is 1. The lowest BCUT2D eigenvalue weighted by Gasteiger charge is -2.30. The molecule has 0 saturated carbocycles. The van der Waals surface area contributed by atoms with Crippen molar-refractivity contribution < 1.29 is 4.74 Å². The molecule has 4 rings (SSSR count). The van der Waals surface area contributed by atoms with Crippen molar-refractivity contribution in [2.75, 3.05) is 26.8 Å². The summed E-state index contributed by atoms with van der Waals surface area (Å²) in [6, 6.07) is 12.4. The van der Waals surface area contributed by atoms with Crippen molar-refractivity contribution in [2.45, 2.75) is 31.8 Å². The third-order valence-corrected chi connectivity index (χ3v) is 5.86. The highest BCUT2D eigenvalue weighted by atomic mass is 32.2. The van der Waals surface area contributed by atoms with Crippen molar-refractivity contribution in [3.8, 4) is 5.69 Å². The van der Waals surface area contributed by atoms with Gasteiger partial charge >= 0.3 is 0 Å². The van der Waals surface area contributed by atoms with Gasteiger partial charge in [-0.25, -0.2) is 9.67 Å². The number of ether oxygens (including phenoxy) is 1. The van der Waals surface area contributed by atoms with Gasteiger partial charge in [0.25, 0.3) is 0 Å². The van der Waals surface area contributed by atoms with Gasteiger partial charge in [-0.15, -0.1) is 0 Å². The van der Waals surface area contributed by atoms with E-state index in [4.69, 9.17) is 19.8 Å². The molecule has 0 unspecified atom stereocenters. The van der Waals surface area contributed by atoms with Crippen LogP contribution in [-0.2, 0) is 11.3 Å². The molecule has 1 aliphatic rings. The van der Waals surface area contributed by atoms with Crippen molar-refractivity contribution >= 4 is 28.0 Å². The Hall–Kier alpha value is -2.38. The molecule has 28 heavy (non-hydrogen) atoms. The van der Waals surface area contributed by atoms with E-state index in [1.807, 2.05) is 29.8 Å². The number of methoxy groups -OCH3 is 1. The third-order valence-electron chi connectivity index (χ3n) is 4.74. The fraction of sp³-hybridized carbons (Fsp3) is 0.381. The van der Waals surface area contributed by atoms with Gasteiger partial charge < -0.3 is 9.64 Å². The fourth-order valence-corrected chi connectivity index (χ4v) is 4.39. The maximum atomic E-state index is 5.16. The maximum Gasteiger partial charge on any atom is 0.165 e. The van der Waals surface area contributed by atoms with Gasteiger partial charge in [-0.1, -0.05) is 25.1 Å². The quantitative estimate of drug-likeness (QED) is 0.590. The Labute approximate surface area is 169 Å². The van der Waals surface area contributed by atoms with E-state index in [1.165, 1.54) is 5.56 Å². The molecule has 0 bridgehead atoms. The van der Waals surface area contributed by atoms with E-state index in [-0.39, 0.29) is 0 Å². The predicted octanol–water partition coefficient (Wildman–Crippen LogP) is 4.05. The van der Waals surface area contributed by atoms with Gasteiger partial charge in [0.15, 0.2) is 10.8 Å². The highest BCUT2D eigenvalue weighted by Crippen LogP contribution is 2.34. The van der Waals surface area contributed by atoms with Crippen molar-refractivity contribution in [1.29, 1.82) is 0 Å². The van der Waals surface area contributed by atoms with Gasteiger partial charge in [0.1, 0.15) is 5.03 Å². The summed E-state index contributed by atoms with van der Waals surface area (Å²) in [5.74, 6) is 0. The standard InChI is InChI=1S/C21H25N5OS/c1-4-11-25-14-16-13-18-15(2)24-26(17-8-6-5-7-9-17)19(18)23-20(16)28-21(25)22-10-12-27-3/h5-9,13H,4,10-12,14H2,1-3H3. The largest absolute Gasteiger partial charge is 0.383 e. The average Bonchev–Trinajstić information content (AvgIpc) is 3.03. The monoisotopic (exact) mass is 395 g/mol. The summed E-state index contributed by atoms with van der Waals surface area (Å²) in [5.41, 5.74) is 4.17. The number of amidine groups is 1. The minimum absolute atomic E-state index is 0.628. The first-order valence-electron chi connectivity index (χ1n) is 9.62. The molecule has 0 fully saturated rings. The van der Waals surface area contributed by atoms with Gasteiger partial charge in [-0.2, -0.15) is 5.10 Å². The summed E-state index contributed by atoms with van der Waals surface area (Å²) in [7, 11) is 1.71.